The molecular weight excluding hydrogens is 186 g/mol. The lowest BCUT2D eigenvalue weighted by atomic mass is 10.1. The van der Waals surface area contributed by atoms with Gasteiger partial charge in [0.05, 0.1) is 0 Å². The van der Waals surface area contributed by atoms with E-state index in [-0.39, 0.29) is 0 Å². The highest BCUT2D eigenvalue weighted by Gasteiger charge is 2.43. The van der Waals surface area contributed by atoms with Crippen LogP contribution in [0.2, 0.25) is 0 Å². The van der Waals surface area contributed by atoms with E-state index in [0.717, 1.165) is 0 Å². The lowest BCUT2D eigenvalue weighted by Gasteiger charge is -2.24. The Hall–Kier alpha value is -1.52. The minimum absolute atomic E-state index is 0.450. The number of carbonyl (C=O) groups excluding carboxylic acids is 2. The van der Waals surface area contributed by atoms with Crippen LogP contribution in [-0.2, 0) is 14.3 Å². The monoisotopic (exact) mass is 199 g/mol. The van der Waals surface area contributed by atoms with Gasteiger partial charge in [0.25, 0.3) is 5.79 Å². The first kappa shape index (κ1) is 10.6. The molecule has 5 nitrogen and oxygen atoms in total. The Balaban J connectivity index is 2.88. The topological polar surface area (TPSA) is 64.6 Å². The van der Waals surface area contributed by atoms with Crippen LogP contribution in [0.25, 0.3) is 0 Å². The summed E-state index contributed by atoms with van der Waals surface area (Å²) in [7, 11) is 1.44. The maximum absolute atomic E-state index is 11.2. The zero-order valence-corrected chi connectivity index (χ0v) is 8.63. The average molecular weight is 199 g/mol. The van der Waals surface area contributed by atoms with E-state index >= 15 is 0 Å². The van der Waals surface area contributed by atoms with Gasteiger partial charge in [0.2, 0.25) is 0 Å². The van der Waals surface area contributed by atoms with E-state index in [2.05, 4.69) is 5.32 Å². The summed E-state index contributed by atoms with van der Waals surface area (Å²) in [5, 5.41) is 2.29. The van der Waals surface area contributed by atoms with Gasteiger partial charge in [-0.3, -0.25) is 0 Å². The third kappa shape index (κ3) is 1.57. The maximum Gasteiger partial charge on any atom is 0.410 e. The highest BCUT2D eigenvalue weighted by molar-refractivity contribution is 5.92. The second-order valence-corrected chi connectivity index (χ2v) is 3.22. The van der Waals surface area contributed by atoms with Crippen LogP contribution in [-0.4, -0.2) is 24.9 Å². The van der Waals surface area contributed by atoms with Gasteiger partial charge in [-0.25, -0.2) is 9.59 Å². The second-order valence-electron chi connectivity index (χ2n) is 3.22. The van der Waals surface area contributed by atoms with E-state index < -0.39 is 17.8 Å². The number of cyclic esters (lactones) is 1. The molecule has 0 saturated carbocycles. The van der Waals surface area contributed by atoms with E-state index in [9.17, 15) is 9.59 Å². The number of amides is 1. The van der Waals surface area contributed by atoms with Crippen LogP contribution in [0, 0.1) is 0 Å². The molecule has 0 aromatic rings. The van der Waals surface area contributed by atoms with Crippen LogP contribution in [0.15, 0.2) is 11.1 Å². The van der Waals surface area contributed by atoms with E-state index in [1.165, 1.54) is 14.0 Å². The van der Waals surface area contributed by atoms with Crippen LogP contribution in [0.5, 0.6) is 0 Å². The molecule has 1 aliphatic rings. The van der Waals surface area contributed by atoms with Crippen molar-refractivity contribution in [3.05, 3.63) is 11.1 Å². The SMILES string of the molecule is CNC(=O)OC1(C)OC(=O)C(C)=C1C. The minimum atomic E-state index is -1.26. The molecule has 1 N–H and O–H groups in total. The van der Waals surface area contributed by atoms with Crippen molar-refractivity contribution in [2.24, 2.45) is 0 Å². The standard InChI is InChI=1S/C9H13NO4/c1-5-6(2)9(3,13-7(5)11)14-8(12)10-4/h1-4H3,(H,10,12). The Morgan fingerprint density at radius 2 is 2.07 bits per heavy atom. The van der Waals surface area contributed by atoms with Gasteiger partial charge >= 0.3 is 12.1 Å². The molecule has 1 heterocycles. The van der Waals surface area contributed by atoms with E-state index in [4.69, 9.17) is 9.47 Å². The summed E-state index contributed by atoms with van der Waals surface area (Å²) in [6.45, 7) is 4.87. The van der Waals surface area contributed by atoms with Crippen molar-refractivity contribution in [3.63, 3.8) is 0 Å². The third-order valence-electron chi connectivity index (χ3n) is 2.33. The van der Waals surface area contributed by atoms with Gasteiger partial charge in [-0.2, -0.15) is 0 Å². The minimum Gasteiger partial charge on any atom is -0.415 e. The van der Waals surface area contributed by atoms with Gasteiger partial charge in [0.1, 0.15) is 0 Å². The molecule has 0 spiro atoms. The van der Waals surface area contributed by atoms with Crippen molar-refractivity contribution in [1.29, 1.82) is 0 Å². The number of nitrogens with one attached hydrogen (secondary N) is 1. The molecule has 0 aromatic heterocycles. The first-order chi connectivity index (χ1) is 6.40. The number of hydrogen-bond donors (Lipinski definition) is 1. The van der Waals surface area contributed by atoms with Crippen molar-refractivity contribution < 1.29 is 19.1 Å². The van der Waals surface area contributed by atoms with E-state index in [1.54, 1.807) is 13.8 Å². The number of esters is 1. The van der Waals surface area contributed by atoms with Crippen LogP contribution in [0.3, 0.4) is 0 Å². The molecule has 1 amide bonds. The van der Waals surface area contributed by atoms with Crippen LogP contribution < -0.4 is 5.32 Å². The van der Waals surface area contributed by atoms with E-state index in [1.807, 2.05) is 0 Å². The highest BCUT2D eigenvalue weighted by Crippen LogP contribution is 2.33. The molecule has 0 bridgehead atoms. The fourth-order valence-electron chi connectivity index (χ4n) is 1.15. The predicted molar refractivity (Wildman–Crippen MR) is 48.4 cm³/mol. The third-order valence-corrected chi connectivity index (χ3v) is 2.33. The second kappa shape index (κ2) is 3.32. The largest absolute Gasteiger partial charge is 0.415 e. The number of alkyl carbamates (subject to hydrolysis) is 1. The lowest BCUT2D eigenvalue weighted by molar-refractivity contribution is -0.175. The average Bonchev–Trinajstić information content (AvgIpc) is 2.30. The molecule has 0 radical (unpaired) electrons. The van der Waals surface area contributed by atoms with Gasteiger partial charge in [0, 0.05) is 25.1 Å². The number of ether oxygens (including phenoxy) is 2. The Labute approximate surface area is 82.1 Å². The molecule has 78 valence electrons. The first-order valence-electron chi connectivity index (χ1n) is 4.22. The molecule has 14 heavy (non-hydrogen) atoms. The van der Waals surface area contributed by atoms with Crippen molar-refractivity contribution in [2.75, 3.05) is 7.05 Å². The molecular formula is C9H13NO4. The van der Waals surface area contributed by atoms with Gasteiger partial charge in [-0.05, 0) is 13.8 Å². The normalized spacial score (nSPS) is 26.1. The number of rotatable bonds is 1. The Morgan fingerprint density at radius 1 is 1.50 bits per heavy atom. The summed E-state index contributed by atoms with van der Waals surface area (Å²) in [5.41, 5.74) is 1.10. The Bertz CT molecular complexity index is 321. The summed E-state index contributed by atoms with van der Waals surface area (Å²) in [5.74, 6) is -1.71. The first-order valence-corrected chi connectivity index (χ1v) is 4.22. The van der Waals surface area contributed by atoms with Crippen LogP contribution in [0.1, 0.15) is 20.8 Å². The lowest BCUT2D eigenvalue weighted by Crippen LogP contribution is -2.37. The smallest absolute Gasteiger partial charge is 0.410 e. The van der Waals surface area contributed by atoms with Crippen molar-refractivity contribution >= 4 is 12.1 Å². The maximum atomic E-state index is 11.2. The molecule has 0 aromatic carbocycles. The molecule has 0 fully saturated rings. The van der Waals surface area contributed by atoms with Crippen LogP contribution in [0.4, 0.5) is 4.79 Å². The Morgan fingerprint density at radius 3 is 2.43 bits per heavy atom. The van der Waals surface area contributed by atoms with Crippen molar-refractivity contribution in [2.45, 2.75) is 26.6 Å². The molecule has 1 unspecified atom stereocenters. The summed E-state index contributed by atoms with van der Waals surface area (Å²) in [4.78, 5) is 22.2. The molecule has 1 atom stereocenters. The zero-order valence-electron chi connectivity index (χ0n) is 8.63. The fraction of sp³-hybridized carbons (Fsp3) is 0.556. The van der Waals surface area contributed by atoms with Crippen molar-refractivity contribution in [3.8, 4) is 0 Å². The fourth-order valence-corrected chi connectivity index (χ4v) is 1.15. The molecule has 1 rings (SSSR count). The van der Waals surface area contributed by atoms with Gasteiger partial charge in [0.15, 0.2) is 0 Å². The summed E-state index contributed by atoms with van der Waals surface area (Å²) >= 11 is 0. The molecule has 5 heteroatoms. The molecule has 0 saturated heterocycles. The van der Waals surface area contributed by atoms with Crippen molar-refractivity contribution in [1.82, 2.24) is 5.32 Å². The molecule has 1 aliphatic heterocycles. The summed E-state index contributed by atoms with van der Waals surface area (Å²) in [6, 6.07) is 0. The van der Waals surface area contributed by atoms with Gasteiger partial charge in [-0.15, -0.1) is 0 Å². The summed E-state index contributed by atoms with van der Waals surface area (Å²) in [6.07, 6.45) is -0.630. The predicted octanol–water partition coefficient (Wildman–Crippen LogP) is 0.952. The van der Waals surface area contributed by atoms with Gasteiger partial charge in [-0.1, -0.05) is 0 Å². The van der Waals surface area contributed by atoms with E-state index in [0.29, 0.717) is 11.1 Å². The molecule has 0 aliphatic carbocycles. The number of carbonyl (C=O) groups is 2. The quantitative estimate of drug-likeness (QED) is 0.638. The Kier molecular flexibility index (Phi) is 2.51. The van der Waals surface area contributed by atoms with Crippen LogP contribution >= 0.6 is 0 Å². The highest BCUT2D eigenvalue weighted by atomic mass is 16.7. The van der Waals surface area contributed by atoms with Gasteiger partial charge < -0.3 is 14.8 Å². The number of hydrogen-bond acceptors (Lipinski definition) is 4. The summed E-state index contributed by atoms with van der Waals surface area (Å²) < 4.78 is 9.90. The zero-order chi connectivity index (χ0) is 10.9.